The molecule has 6 nitrogen and oxygen atoms in total. The summed E-state index contributed by atoms with van der Waals surface area (Å²) in [6, 6.07) is 9.31. The molecule has 0 atom stereocenters. The highest BCUT2D eigenvalue weighted by molar-refractivity contribution is 9.10. The molecule has 0 spiro atoms. The van der Waals surface area contributed by atoms with Crippen LogP contribution in [-0.4, -0.2) is 24.5 Å². The van der Waals surface area contributed by atoms with Crippen molar-refractivity contribution in [2.45, 2.75) is 13.8 Å². The molecule has 0 saturated carbocycles. The molecule has 1 aliphatic rings. The van der Waals surface area contributed by atoms with Crippen molar-refractivity contribution in [2.75, 3.05) is 11.5 Å². The number of barbiturate groups is 1. The number of urea groups is 1. The number of nitrogens with one attached hydrogen (secondary N) is 1. The van der Waals surface area contributed by atoms with E-state index in [9.17, 15) is 14.4 Å². The van der Waals surface area contributed by atoms with Crippen LogP contribution in [0.5, 0.6) is 5.75 Å². The van der Waals surface area contributed by atoms with Gasteiger partial charge in [0, 0.05) is 0 Å². The Balaban J connectivity index is 2.00. The molecule has 28 heavy (non-hydrogen) atoms. The molecule has 1 saturated heterocycles. The SMILES string of the molecule is CCOc1c(Cl)cc(/C=C2\C(=O)NC(=O)N(c3ccc(C)cc3)C2=O)cc1Br. The van der Waals surface area contributed by atoms with Crippen molar-refractivity contribution in [1.29, 1.82) is 0 Å². The maximum atomic E-state index is 12.9. The third-order valence-electron chi connectivity index (χ3n) is 4.01. The molecule has 3 rings (SSSR count). The summed E-state index contributed by atoms with van der Waals surface area (Å²) in [6.07, 6.45) is 1.39. The molecule has 0 aromatic heterocycles. The molecular formula is C20H16BrClN2O4. The van der Waals surface area contributed by atoms with Crippen LogP contribution in [0.1, 0.15) is 18.1 Å². The predicted molar refractivity (Wildman–Crippen MR) is 111 cm³/mol. The summed E-state index contributed by atoms with van der Waals surface area (Å²) in [6.45, 7) is 4.16. The predicted octanol–water partition coefficient (Wildman–Crippen LogP) is 4.48. The van der Waals surface area contributed by atoms with E-state index in [2.05, 4.69) is 21.2 Å². The van der Waals surface area contributed by atoms with Crippen molar-refractivity contribution in [2.24, 2.45) is 0 Å². The van der Waals surface area contributed by atoms with Crippen LogP contribution in [-0.2, 0) is 9.59 Å². The van der Waals surface area contributed by atoms with E-state index >= 15 is 0 Å². The Bertz CT molecular complexity index is 979. The average Bonchev–Trinajstić information content (AvgIpc) is 2.63. The molecule has 0 radical (unpaired) electrons. The number of rotatable bonds is 4. The van der Waals surface area contributed by atoms with Crippen molar-refractivity contribution in [3.63, 3.8) is 0 Å². The van der Waals surface area contributed by atoms with Gasteiger partial charge in [0.25, 0.3) is 11.8 Å². The van der Waals surface area contributed by atoms with Gasteiger partial charge in [0.15, 0.2) is 5.75 Å². The van der Waals surface area contributed by atoms with Crippen molar-refractivity contribution in [3.8, 4) is 5.75 Å². The van der Waals surface area contributed by atoms with E-state index in [0.717, 1.165) is 10.5 Å². The molecule has 8 heteroatoms. The average molecular weight is 464 g/mol. The molecule has 2 aromatic carbocycles. The lowest BCUT2D eigenvalue weighted by Crippen LogP contribution is -2.54. The Morgan fingerprint density at radius 3 is 2.46 bits per heavy atom. The summed E-state index contributed by atoms with van der Waals surface area (Å²) in [4.78, 5) is 38.3. The zero-order valence-electron chi connectivity index (χ0n) is 15.1. The lowest BCUT2D eigenvalue weighted by Gasteiger charge is -2.26. The first-order valence-electron chi connectivity index (χ1n) is 8.41. The zero-order chi connectivity index (χ0) is 20.4. The number of aryl methyl sites for hydroxylation is 1. The van der Waals surface area contributed by atoms with Gasteiger partial charge in [0.1, 0.15) is 5.57 Å². The number of benzene rings is 2. The number of imide groups is 2. The maximum absolute atomic E-state index is 12.9. The minimum atomic E-state index is -0.790. The standard InChI is InChI=1S/C20H16BrClN2O4/c1-3-28-17-15(21)9-12(10-16(17)22)8-14-18(25)23-20(27)24(19(14)26)13-6-4-11(2)5-7-13/h4-10H,3H2,1-2H3,(H,23,25,27)/b14-8+. The highest BCUT2D eigenvalue weighted by atomic mass is 79.9. The molecule has 0 unspecified atom stereocenters. The molecular weight excluding hydrogens is 448 g/mol. The Kier molecular flexibility index (Phi) is 5.86. The number of anilines is 1. The number of hydrogen-bond acceptors (Lipinski definition) is 4. The monoisotopic (exact) mass is 462 g/mol. The summed E-state index contributed by atoms with van der Waals surface area (Å²) in [5.74, 6) is -1.000. The van der Waals surface area contributed by atoms with Gasteiger partial charge in [-0.25, -0.2) is 9.69 Å². The largest absolute Gasteiger partial charge is 0.491 e. The summed E-state index contributed by atoms with van der Waals surface area (Å²) in [7, 11) is 0. The lowest BCUT2D eigenvalue weighted by atomic mass is 10.1. The van der Waals surface area contributed by atoms with E-state index in [-0.39, 0.29) is 5.57 Å². The number of nitrogens with zero attached hydrogens (tertiary/aromatic N) is 1. The molecule has 0 aliphatic carbocycles. The fourth-order valence-corrected chi connectivity index (χ4v) is 3.69. The van der Waals surface area contributed by atoms with Gasteiger partial charge in [-0.3, -0.25) is 14.9 Å². The van der Waals surface area contributed by atoms with Crippen molar-refractivity contribution in [3.05, 3.63) is 62.6 Å². The molecule has 0 bridgehead atoms. The third-order valence-corrected chi connectivity index (χ3v) is 4.88. The van der Waals surface area contributed by atoms with Gasteiger partial charge >= 0.3 is 6.03 Å². The van der Waals surface area contributed by atoms with Gasteiger partial charge in [-0.15, -0.1) is 0 Å². The highest BCUT2D eigenvalue weighted by Crippen LogP contribution is 2.35. The Hall–Kier alpha value is -2.64. The first kappa shape index (κ1) is 20.1. The quantitative estimate of drug-likeness (QED) is 0.536. The van der Waals surface area contributed by atoms with E-state index in [1.165, 1.54) is 6.08 Å². The van der Waals surface area contributed by atoms with Crippen LogP contribution in [0.15, 0.2) is 46.4 Å². The van der Waals surface area contributed by atoms with E-state index < -0.39 is 17.8 Å². The molecule has 1 N–H and O–H groups in total. The number of halogens is 2. The van der Waals surface area contributed by atoms with Crippen molar-refractivity contribution in [1.82, 2.24) is 5.32 Å². The van der Waals surface area contributed by atoms with Gasteiger partial charge in [0.05, 0.1) is 21.8 Å². The fraction of sp³-hybridized carbons (Fsp3) is 0.150. The van der Waals surface area contributed by atoms with Gasteiger partial charge in [-0.05, 0) is 65.7 Å². The second kappa shape index (κ2) is 8.16. The Morgan fingerprint density at radius 2 is 1.86 bits per heavy atom. The van der Waals surface area contributed by atoms with Crippen LogP contribution in [0.4, 0.5) is 10.5 Å². The van der Waals surface area contributed by atoms with Crippen LogP contribution >= 0.6 is 27.5 Å². The van der Waals surface area contributed by atoms with Crippen LogP contribution < -0.4 is 15.0 Å². The second-order valence-corrected chi connectivity index (χ2v) is 7.30. The first-order chi connectivity index (χ1) is 13.3. The number of hydrogen-bond donors (Lipinski definition) is 1. The van der Waals surface area contributed by atoms with E-state index in [4.69, 9.17) is 16.3 Å². The summed E-state index contributed by atoms with van der Waals surface area (Å²) < 4.78 is 6.04. The topological polar surface area (TPSA) is 75.7 Å². The van der Waals surface area contributed by atoms with Crippen LogP contribution in [0.2, 0.25) is 5.02 Å². The van der Waals surface area contributed by atoms with Crippen LogP contribution in [0.3, 0.4) is 0 Å². The molecule has 2 aromatic rings. The maximum Gasteiger partial charge on any atom is 0.335 e. The zero-order valence-corrected chi connectivity index (χ0v) is 17.4. The summed E-state index contributed by atoms with van der Waals surface area (Å²) in [5, 5.41) is 2.53. The van der Waals surface area contributed by atoms with Gasteiger partial charge in [-0.2, -0.15) is 0 Å². The molecule has 144 valence electrons. The van der Waals surface area contributed by atoms with Gasteiger partial charge < -0.3 is 4.74 Å². The minimum absolute atomic E-state index is 0.174. The third kappa shape index (κ3) is 3.95. The Labute approximate surface area is 175 Å². The van der Waals surface area contributed by atoms with Crippen LogP contribution in [0, 0.1) is 6.92 Å². The molecule has 4 amide bonds. The van der Waals surface area contributed by atoms with Gasteiger partial charge in [0.2, 0.25) is 0 Å². The van der Waals surface area contributed by atoms with E-state index in [1.54, 1.807) is 36.4 Å². The lowest BCUT2D eigenvalue weighted by molar-refractivity contribution is -0.122. The number of carbonyl (C=O) groups is 3. The van der Waals surface area contributed by atoms with Crippen LogP contribution in [0.25, 0.3) is 6.08 Å². The summed E-state index contributed by atoms with van der Waals surface area (Å²) >= 11 is 9.60. The van der Waals surface area contributed by atoms with E-state index in [1.807, 2.05) is 13.8 Å². The van der Waals surface area contributed by atoms with Crippen molar-refractivity contribution < 1.29 is 19.1 Å². The smallest absolute Gasteiger partial charge is 0.335 e. The Morgan fingerprint density at radius 1 is 1.18 bits per heavy atom. The molecule has 1 fully saturated rings. The fourth-order valence-electron chi connectivity index (χ4n) is 2.70. The number of ether oxygens (including phenoxy) is 1. The first-order valence-corrected chi connectivity index (χ1v) is 9.59. The minimum Gasteiger partial charge on any atom is -0.491 e. The summed E-state index contributed by atoms with van der Waals surface area (Å²) in [5.41, 5.74) is 1.69. The highest BCUT2D eigenvalue weighted by Gasteiger charge is 2.36. The normalized spacial score (nSPS) is 15.8. The van der Waals surface area contributed by atoms with E-state index in [0.29, 0.717) is 33.1 Å². The van der Waals surface area contributed by atoms with Crippen molar-refractivity contribution >= 4 is 57.1 Å². The number of amides is 4. The second-order valence-electron chi connectivity index (χ2n) is 6.04. The molecule has 1 heterocycles. The van der Waals surface area contributed by atoms with Gasteiger partial charge in [-0.1, -0.05) is 29.3 Å². The number of carbonyl (C=O) groups excluding carboxylic acids is 3. The molecule has 1 aliphatic heterocycles.